The molecule has 0 aromatic rings. The quantitative estimate of drug-likeness (QED) is 0.581. The summed E-state index contributed by atoms with van der Waals surface area (Å²) < 4.78 is 5.32. The summed E-state index contributed by atoms with van der Waals surface area (Å²) in [6.45, 7) is 7.15. The molecule has 0 aliphatic carbocycles. The Hall–Kier alpha value is -0.630. The maximum atomic E-state index is 10.7. The minimum absolute atomic E-state index is 0.0268. The maximum absolute atomic E-state index is 10.7. The van der Waals surface area contributed by atoms with Gasteiger partial charge >= 0.3 is 0 Å². The zero-order valence-electron chi connectivity index (χ0n) is 7.63. The van der Waals surface area contributed by atoms with Crippen molar-refractivity contribution in [3.8, 4) is 0 Å². The Morgan fingerprint density at radius 2 is 2.00 bits per heavy atom. The molecule has 0 fully saturated rings. The first-order valence-electron chi connectivity index (χ1n) is 3.86. The molecule has 0 aliphatic heterocycles. The average Bonchev–Trinajstić information content (AvgIpc) is 1.87. The predicted octanol–water partition coefficient (Wildman–Crippen LogP) is 1.95. The van der Waals surface area contributed by atoms with Crippen LogP contribution in [0.1, 0.15) is 27.7 Å². The molecule has 0 bridgehead atoms. The number of ether oxygens (including phenoxy) is 1. The van der Waals surface area contributed by atoms with E-state index in [9.17, 15) is 4.79 Å². The minimum atomic E-state index is -0.291. The van der Waals surface area contributed by atoms with Crippen LogP contribution in [0.15, 0.2) is 12.2 Å². The molecule has 0 heterocycles. The number of carbonyl (C=O) groups is 1. The molecule has 0 aliphatic rings. The van der Waals surface area contributed by atoms with Gasteiger partial charge in [0.15, 0.2) is 5.78 Å². The van der Waals surface area contributed by atoms with E-state index in [-0.39, 0.29) is 18.0 Å². The summed E-state index contributed by atoms with van der Waals surface area (Å²) >= 11 is 0. The summed E-state index contributed by atoms with van der Waals surface area (Å²) in [5.41, 5.74) is 0. The maximum Gasteiger partial charge on any atom is 0.158 e. The van der Waals surface area contributed by atoms with Gasteiger partial charge < -0.3 is 4.74 Å². The van der Waals surface area contributed by atoms with Crippen molar-refractivity contribution in [2.45, 2.75) is 39.9 Å². The molecule has 0 amide bonds. The van der Waals surface area contributed by atoms with Crippen molar-refractivity contribution in [2.75, 3.05) is 0 Å². The SMILES string of the molecule is CC=CC(C)OC(C)C(C)=O. The number of allylic oxidation sites excluding steroid dienone is 1. The third-order valence-corrected chi connectivity index (χ3v) is 1.45. The van der Waals surface area contributed by atoms with Gasteiger partial charge in [0, 0.05) is 0 Å². The van der Waals surface area contributed by atoms with Crippen molar-refractivity contribution < 1.29 is 9.53 Å². The Morgan fingerprint density at radius 3 is 2.36 bits per heavy atom. The highest BCUT2D eigenvalue weighted by atomic mass is 16.5. The van der Waals surface area contributed by atoms with E-state index >= 15 is 0 Å². The molecule has 0 aromatic heterocycles. The lowest BCUT2D eigenvalue weighted by Gasteiger charge is -2.13. The molecule has 64 valence electrons. The lowest BCUT2D eigenvalue weighted by atomic mass is 10.3. The number of Topliss-reactive ketones (excluding diaryl/α,β-unsaturated/α-hetero) is 1. The fraction of sp³-hybridized carbons (Fsp3) is 0.667. The molecule has 2 unspecified atom stereocenters. The molecule has 0 aromatic carbocycles. The molecule has 2 atom stereocenters. The summed E-state index contributed by atoms with van der Waals surface area (Å²) in [6, 6.07) is 0. The van der Waals surface area contributed by atoms with Crippen molar-refractivity contribution in [1.29, 1.82) is 0 Å². The summed E-state index contributed by atoms with van der Waals surface area (Å²) in [5.74, 6) is 0.0707. The van der Waals surface area contributed by atoms with Crippen LogP contribution < -0.4 is 0 Å². The first kappa shape index (κ1) is 10.4. The van der Waals surface area contributed by atoms with E-state index < -0.39 is 0 Å². The smallest absolute Gasteiger partial charge is 0.158 e. The van der Waals surface area contributed by atoms with Gasteiger partial charge in [0.05, 0.1) is 6.10 Å². The van der Waals surface area contributed by atoms with E-state index in [0.29, 0.717) is 0 Å². The van der Waals surface area contributed by atoms with Gasteiger partial charge in [-0.25, -0.2) is 0 Å². The summed E-state index contributed by atoms with van der Waals surface area (Å²) in [4.78, 5) is 10.7. The van der Waals surface area contributed by atoms with Gasteiger partial charge in [-0.05, 0) is 27.7 Å². The molecule has 0 radical (unpaired) electrons. The van der Waals surface area contributed by atoms with E-state index in [1.807, 2.05) is 26.0 Å². The Bertz CT molecular complexity index is 150. The van der Waals surface area contributed by atoms with Crippen LogP contribution in [0.25, 0.3) is 0 Å². The van der Waals surface area contributed by atoms with Crippen LogP contribution >= 0.6 is 0 Å². The Kier molecular flexibility index (Phi) is 4.79. The normalized spacial score (nSPS) is 16.7. The summed E-state index contributed by atoms with van der Waals surface area (Å²) in [5, 5.41) is 0. The number of ketones is 1. The predicted molar refractivity (Wildman–Crippen MR) is 45.5 cm³/mol. The van der Waals surface area contributed by atoms with E-state index in [1.54, 1.807) is 6.92 Å². The van der Waals surface area contributed by atoms with Gasteiger partial charge in [0.1, 0.15) is 6.10 Å². The van der Waals surface area contributed by atoms with Crippen LogP contribution in [-0.4, -0.2) is 18.0 Å². The second kappa shape index (κ2) is 5.08. The molecule has 2 nitrogen and oxygen atoms in total. The van der Waals surface area contributed by atoms with Crippen molar-refractivity contribution in [1.82, 2.24) is 0 Å². The zero-order chi connectivity index (χ0) is 8.85. The lowest BCUT2D eigenvalue weighted by molar-refractivity contribution is -0.128. The highest BCUT2D eigenvalue weighted by molar-refractivity contribution is 5.79. The third-order valence-electron chi connectivity index (χ3n) is 1.45. The Morgan fingerprint density at radius 1 is 1.45 bits per heavy atom. The van der Waals surface area contributed by atoms with Crippen molar-refractivity contribution in [3.63, 3.8) is 0 Å². The Balaban J connectivity index is 3.74. The number of carbonyl (C=O) groups excluding carboxylic acids is 1. The van der Waals surface area contributed by atoms with Crippen LogP contribution in [-0.2, 0) is 9.53 Å². The molecule has 0 saturated carbocycles. The number of hydrogen-bond donors (Lipinski definition) is 0. The van der Waals surface area contributed by atoms with Crippen molar-refractivity contribution in [3.05, 3.63) is 12.2 Å². The molecule has 0 saturated heterocycles. The standard InChI is InChI=1S/C9H16O2/c1-5-6-7(2)11-9(4)8(3)10/h5-7,9H,1-4H3. The molecular formula is C9H16O2. The highest BCUT2D eigenvalue weighted by Gasteiger charge is 2.09. The monoisotopic (exact) mass is 156 g/mol. The van der Waals surface area contributed by atoms with Crippen LogP contribution in [0, 0.1) is 0 Å². The van der Waals surface area contributed by atoms with Crippen molar-refractivity contribution >= 4 is 5.78 Å². The van der Waals surface area contributed by atoms with Crippen LogP contribution in [0.2, 0.25) is 0 Å². The second-order valence-electron chi connectivity index (χ2n) is 2.62. The largest absolute Gasteiger partial charge is 0.364 e. The van der Waals surface area contributed by atoms with Gasteiger partial charge in [-0.3, -0.25) is 4.79 Å². The molecule has 0 N–H and O–H groups in total. The van der Waals surface area contributed by atoms with Gasteiger partial charge in [-0.1, -0.05) is 12.2 Å². The van der Waals surface area contributed by atoms with E-state index in [4.69, 9.17) is 4.74 Å². The molecule has 2 heteroatoms. The van der Waals surface area contributed by atoms with E-state index in [1.165, 1.54) is 6.92 Å². The van der Waals surface area contributed by atoms with Crippen LogP contribution in [0.5, 0.6) is 0 Å². The number of hydrogen-bond acceptors (Lipinski definition) is 2. The first-order chi connectivity index (χ1) is 5.07. The summed E-state index contributed by atoms with van der Waals surface area (Å²) in [7, 11) is 0. The fourth-order valence-corrected chi connectivity index (χ4v) is 0.734. The number of rotatable bonds is 4. The fourth-order valence-electron chi connectivity index (χ4n) is 0.734. The molecule has 0 rings (SSSR count). The zero-order valence-corrected chi connectivity index (χ0v) is 7.63. The Labute approximate surface area is 68.2 Å². The second-order valence-corrected chi connectivity index (χ2v) is 2.62. The van der Waals surface area contributed by atoms with Gasteiger partial charge in [-0.15, -0.1) is 0 Å². The first-order valence-corrected chi connectivity index (χ1v) is 3.86. The minimum Gasteiger partial charge on any atom is -0.364 e. The molecular weight excluding hydrogens is 140 g/mol. The van der Waals surface area contributed by atoms with E-state index in [2.05, 4.69) is 0 Å². The van der Waals surface area contributed by atoms with E-state index in [0.717, 1.165) is 0 Å². The molecule has 0 spiro atoms. The van der Waals surface area contributed by atoms with Crippen LogP contribution in [0.4, 0.5) is 0 Å². The highest BCUT2D eigenvalue weighted by Crippen LogP contribution is 2.00. The van der Waals surface area contributed by atoms with Gasteiger partial charge in [0.25, 0.3) is 0 Å². The molecule has 11 heavy (non-hydrogen) atoms. The average molecular weight is 156 g/mol. The van der Waals surface area contributed by atoms with Crippen LogP contribution in [0.3, 0.4) is 0 Å². The lowest BCUT2D eigenvalue weighted by Crippen LogP contribution is -2.21. The van der Waals surface area contributed by atoms with Gasteiger partial charge in [0.2, 0.25) is 0 Å². The van der Waals surface area contributed by atoms with Crippen molar-refractivity contribution in [2.24, 2.45) is 0 Å². The topological polar surface area (TPSA) is 26.3 Å². The van der Waals surface area contributed by atoms with Gasteiger partial charge in [-0.2, -0.15) is 0 Å². The third kappa shape index (κ3) is 4.73. The summed E-state index contributed by atoms with van der Waals surface area (Å²) in [6.07, 6.45) is 3.57.